The molecule has 0 aliphatic heterocycles. The summed E-state index contributed by atoms with van der Waals surface area (Å²) in [6.07, 6.45) is 0.489. The SMILES string of the molecule is CCOc1ccccc1C(=O)N(C)CCc1noc(-c2cc3ccccc3[nH]2)n1. The third-order valence-electron chi connectivity index (χ3n) is 4.66. The Balaban J connectivity index is 1.42. The number of benzene rings is 2. The number of carbonyl (C=O) groups is 1. The molecule has 148 valence electrons. The van der Waals surface area contributed by atoms with Crippen molar-refractivity contribution in [2.75, 3.05) is 20.2 Å². The molecule has 0 aliphatic carbocycles. The van der Waals surface area contributed by atoms with Crippen LogP contribution in [0.2, 0.25) is 0 Å². The summed E-state index contributed by atoms with van der Waals surface area (Å²) in [6, 6.07) is 17.2. The minimum atomic E-state index is -0.103. The Hall–Kier alpha value is -3.61. The molecule has 2 aromatic carbocycles. The van der Waals surface area contributed by atoms with Gasteiger partial charge in [-0.05, 0) is 31.2 Å². The van der Waals surface area contributed by atoms with Crippen LogP contribution in [0.25, 0.3) is 22.5 Å². The number of rotatable bonds is 7. The second-order valence-corrected chi connectivity index (χ2v) is 6.69. The van der Waals surface area contributed by atoms with E-state index in [1.807, 2.05) is 49.4 Å². The van der Waals surface area contributed by atoms with Gasteiger partial charge in [-0.25, -0.2) is 0 Å². The summed E-state index contributed by atoms with van der Waals surface area (Å²) >= 11 is 0. The van der Waals surface area contributed by atoms with Gasteiger partial charge >= 0.3 is 0 Å². The maximum Gasteiger partial charge on any atom is 0.274 e. The number of likely N-dealkylation sites (N-methyl/N-ethyl adjacent to an activating group) is 1. The third kappa shape index (κ3) is 3.99. The van der Waals surface area contributed by atoms with Crippen molar-refractivity contribution in [1.29, 1.82) is 0 Å². The van der Waals surface area contributed by atoms with Gasteiger partial charge in [0.25, 0.3) is 11.8 Å². The zero-order valence-corrected chi connectivity index (χ0v) is 16.4. The van der Waals surface area contributed by atoms with Crippen LogP contribution in [0.3, 0.4) is 0 Å². The quantitative estimate of drug-likeness (QED) is 0.517. The molecule has 4 rings (SSSR count). The average Bonchev–Trinajstić information content (AvgIpc) is 3.39. The Kier molecular flexibility index (Phi) is 5.29. The van der Waals surface area contributed by atoms with Gasteiger partial charge < -0.3 is 19.1 Å². The highest BCUT2D eigenvalue weighted by atomic mass is 16.5. The van der Waals surface area contributed by atoms with Crippen molar-refractivity contribution >= 4 is 16.8 Å². The van der Waals surface area contributed by atoms with Gasteiger partial charge in [0.15, 0.2) is 5.82 Å². The van der Waals surface area contributed by atoms with Gasteiger partial charge in [0.2, 0.25) is 0 Å². The number of ether oxygens (including phenoxy) is 1. The highest BCUT2D eigenvalue weighted by molar-refractivity contribution is 5.96. The van der Waals surface area contributed by atoms with Crippen molar-refractivity contribution in [3.8, 4) is 17.3 Å². The van der Waals surface area contributed by atoms with Crippen LogP contribution in [-0.2, 0) is 6.42 Å². The lowest BCUT2D eigenvalue weighted by atomic mass is 10.1. The molecule has 0 spiro atoms. The van der Waals surface area contributed by atoms with Crippen molar-refractivity contribution in [2.45, 2.75) is 13.3 Å². The molecular weight excluding hydrogens is 368 g/mol. The summed E-state index contributed by atoms with van der Waals surface area (Å²) in [5.74, 6) is 1.48. The molecule has 0 aliphatic rings. The topological polar surface area (TPSA) is 84.2 Å². The van der Waals surface area contributed by atoms with E-state index < -0.39 is 0 Å². The lowest BCUT2D eigenvalue weighted by molar-refractivity contribution is 0.0791. The number of carbonyl (C=O) groups excluding carboxylic acids is 1. The Labute approximate surface area is 168 Å². The van der Waals surface area contributed by atoms with Crippen LogP contribution in [0.1, 0.15) is 23.1 Å². The number of nitrogens with one attached hydrogen (secondary N) is 1. The minimum Gasteiger partial charge on any atom is -0.493 e. The van der Waals surface area contributed by atoms with Crippen LogP contribution in [-0.4, -0.2) is 46.1 Å². The van der Waals surface area contributed by atoms with E-state index in [9.17, 15) is 4.79 Å². The molecular formula is C22H22N4O3. The summed E-state index contributed by atoms with van der Waals surface area (Å²) in [5, 5.41) is 5.13. The van der Waals surface area contributed by atoms with E-state index in [0.29, 0.717) is 42.6 Å². The molecule has 0 radical (unpaired) electrons. The zero-order valence-electron chi connectivity index (χ0n) is 16.4. The van der Waals surface area contributed by atoms with Crippen molar-refractivity contribution < 1.29 is 14.1 Å². The first-order valence-electron chi connectivity index (χ1n) is 9.53. The molecule has 0 fully saturated rings. The largest absolute Gasteiger partial charge is 0.493 e. The number of H-pyrrole nitrogens is 1. The first-order chi connectivity index (χ1) is 14.2. The third-order valence-corrected chi connectivity index (χ3v) is 4.66. The summed E-state index contributed by atoms with van der Waals surface area (Å²) in [5.41, 5.74) is 2.34. The summed E-state index contributed by atoms with van der Waals surface area (Å²) in [6.45, 7) is 2.87. The first kappa shape index (κ1) is 18.7. The molecule has 0 atom stereocenters. The predicted octanol–water partition coefficient (Wildman–Crippen LogP) is 3.93. The van der Waals surface area contributed by atoms with Crippen molar-refractivity contribution in [1.82, 2.24) is 20.0 Å². The summed E-state index contributed by atoms with van der Waals surface area (Å²) in [7, 11) is 1.75. The van der Waals surface area contributed by atoms with E-state index >= 15 is 0 Å². The number of amides is 1. The molecule has 7 heteroatoms. The van der Waals surface area contributed by atoms with Gasteiger partial charge in [-0.2, -0.15) is 4.98 Å². The fourth-order valence-electron chi connectivity index (χ4n) is 3.15. The van der Waals surface area contributed by atoms with E-state index in [0.717, 1.165) is 16.6 Å². The molecule has 0 saturated carbocycles. The first-order valence-corrected chi connectivity index (χ1v) is 9.53. The smallest absolute Gasteiger partial charge is 0.274 e. The summed E-state index contributed by atoms with van der Waals surface area (Å²) < 4.78 is 11.0. The van der Waals surface area contributed by atoms with E-state index in [1.165, 1.54) is 0 Å². The number of aromatic amines is 1. The van der Waals surface area contributed by atoms with E-state index in [1.54, 1.807) is 24.1 Å². The van der Waals surface area contributed by atoms with Gasteiger partial charge in [0, 0.05) is 30.9 Å². The second-order valence-electron chi connectivity index (χ2n) is 6.69. The van der Waals surface area contributed by atoms with Gasteiger partial charge in [0.05, 0.1) is 12.2 Å². The van der Waals surface area contributed by atoms with Gasteiger partial charge in [-0.3, -0.25) is 4.79 Å². The average molecular weight is 390 g/mol. The Morgan fingerprint density at radius 2 is 1.97 bits per heavy atom. The molecule has 29 heavy (non-hydrogen) atoms. The monoisotopic (exact) mass is 390 g/mol. The van der Waals surface area contributed by atoms with Crippen LogP contribution in [0, 0.1) is 0 Å². The fourth-order valence-corrected chi connectivity index (χ4v) is 3.15. The molecule has 2 aromatic heterocycles. The number of hydrogen-bond acceptors (Lipinski definition) is 5. The number of aromatic nitrogens is 3. The van der Waals surface area contributed by atoms with Crippen molar-refractivity contribution in [2.24, 2.45) is 0 Å². The maximum absolute atomic E-state index is 12.8. The molecule has 2 heterocycles. The molecule has 1 N–H and O–H groups in total. The highest BCUT2D eigenvalue weighted by Crippen LogP contribution is 2.23. The van der Waals surface area contributed by atoms with Gasteiger partial charge in [0.1, 0.15) is 11.4 Å². The van der Waals surface area contributed by atoms with Crippen LogP contribution < -0.4 is 4.74 Å². The number of nitrogens with zero attached hydrogens (tertiary/aromatic N) is 3. The van der Waals surface area contributed by atoms with Crippen LogP contribution >= 0.6 is 0 Å². The van der Waals surface area contributed by atoms with Gasteiger partial charge in [-0.15, -0.1) is 0 Å². The highest BCUT2D eigenvalue weighted by Gasteiger charge is 2.18. The molecule has 1 amide bonds. The number of fused-ring (bicyclic) bond motifs is 1. The fraction of sp³-hybridized carbons (Fsp3) is 0.227. The van der Waals surface area contributed by atoms with E-state index in [4.69, 9.17) is 9.26 Å². The predicted molar refractivity (Wildman–Crippen MR) is 110 cm³/mol. The number of hydrogen-bond donors (Lipinski definition) is 1. The molecule has 4 aromatic rings. The normalized spacial score (nSPS) is 11.0. The molecule has 0 bridgehead atoms. The number of para-hydroxylation sites is 2. The second kappa shape index (κ2) is 8.18. The standard InChI is InChI=1S/C22H22N4O3/c1-3-28-19-11-7-5-9-16(19)22(27)26(2)13-12-20-24-21(29-25-20)18-14-15-8-4-6-10-17(15)23-18/h4-11,14,23H,3,12-13H2,1-2H3. The maximum atomic E-state index is 12.8. The molecule has 0 saturated heterocycles. The van der Waals surface area contributed by atoms with E-state index in [2.05, 4.69) is 15.1 Å². The van der Waals surface area contributed by atoms with Crippen molar-refractivity contribution in [3.63, 3.8) is 0 Å². The lowest BCUT2D eigenvalue weighted by Crippen LogP contribution is -2.29. The van der Waals surface area contributed by atoms with Crippen LogP contribution in [0.15, 0.2) is 59.1 Å². The Morgan fingerprint density at radius 3 is 2.79 bits per heavy atom. The molecule has 0 unspecified atom stereocenters. The molecule has 7 nitrogen and oxygen atoms in total. The lowest BCUT2D eigenvalue weighted by Gasteiger charge is -2.18. The Morgan fingerprint density at radius 1 is 1.17 bits per heavy atom. The minimum absolute atomic E-state index is 0.103. The van der Waals surface area contributed by atoms with E-state index in [-0.39, 0.29) is 5.91 Å². The zero-order chi connectivity index (χ0) is 20.2. The van der Waals surface area contributed by atoms with Crippen LogP contribution in [0.5, 0.6) is 5.75 Å². The summed E-state index contributed by atoms with van der Waals surface area (Å²) in [4.78, 5) is 22.1. The van der Waals surface area contributed by atoms with Gasteiger partial charge in [-0.1, -0.05) is 35.5 Å². The Bertz CT molecular complexity index is 1100. The van der Waals surface area contributed by atoms with Crippen LogP contribution in [0.4, 0.5) is 0 Å². The van der Waals surface area contributed by atoms with Crippen molar-refractivity contribution in [3.05, 3.63) is 66.0 Å².